The molecule has 2 atom stereocenters. The molecule has 2 unspecified atom stereocenters. The zero-order chi connectivity index (χ0) is 20.4. The van der Waals surface area contributed by atoms with E-state index in [4.69, 9.17) is 0 Å². The number of aromatic nitrogens is 2. The highest BCUT2D eigenvalue weighted by Gasteiger charge is 2.18. The highest BCUT2D eigenvalue weighted by Crippen LogP contribution is 2.10. The SMILES string of the molecule is c1ccc(CN2CCCN3CCN(CCCN(Cc4ccccn4)CC3)CC2)nc1. The number of nitrogens with zero attached hydrogens (tertiary/aromatic N) is 6. The quantitative estimate of drug-likeness (QED) is 0.772. The first-order valence-corrected chi connectivity index (χ1v) is 11.5. The van der Waals surface area contributed by atoms with E-state index in [9.17, 15) is 0 Å². The van der Waals surface area contributed by atoms with Crippen LogP contribution in [0, 0.1) is 0 Å². The monoisotopic (exact) mass is 408 g/mol. The minimum Gasteiger partial charge on any atom is -0.301 e. The molecule has 0 saturated carbocycles. The second-order valence-corrected chi connectivity index (χ2v) is 8.58. The predicted octanol–water partition coefficient (Wildman–Crippen LogP) is 2.19. The molecule has 0 amide bonds. The fourth-order valence-corrected chi connectivity index (χ4v) is 4.54. The average Bonchev–Trinajstić information content (AvgIpc) is 2.79. The van der Waals surface area contributed by atoms with E-state index in [1.165, 1.54) is 50.4 Å². The molecule has 0 aliphatic carbocycles. The number of rotatable bonds is 4. The summed E-state index contributed by atoms with van der Waals surface area (Å²) in [5.74, 6) is 0. The molecule has 2 bridgehead atoms. The van der Waals surface area contributed by atoms with Gasteiger partial charge in [0, 0.05) is 64.8 Å². The second-order valence-electron chi connectivity index (χ2n) is 8.58. The highest BCUT2D eigenvalue weighted by atomic mass is 15.3. The molecule has 0 aromatic carbocycles. The van der Waals surface area contributed by atoms with Gasteiger partial charge in [-0.1, -0.05) is 12.1 Å². The molecular weight excluding hydrogens is 372 g/mol. The maximum Gasteiger partial charge on any atom is 0.0543 e. The Morgan fingerprint density at radius 3 is 1.43 bits per heavy atom. The Hall–Kier alpha value is -1.86. The molecule has 2 saturated heterocycles. The molecule has 6 heteroatoms. The minimum absolute atomic E-state index is 0.965. The average molecular weight is 409 g/mol. The van der Waals surface area contributed by atoms with Crippen LogP contribution in [0.25, 0.3) is 0 Å². The molecular formula is C24H36N6. The topological polar surface area (TPSA) is 38.7 Å². The van der Waals surface area contributed by atoms with E-state index in [1.807, 2.05) is 24.5 Å². The van der Waals surface area contributed by atoms with Gasteiger partial charge in [-0.2, -0.15) is 0 Å². The van der Waals surface area contributed by atoms with Crippen molar-refractivity contribution in [2.24, 2.45) is 0 Å². The van der Waals surface area contributed by atoms with Crippen LogP contribution in [0.15, 0.2) is 48.8 Å². The third kappa shape index (κ3) is 6.84. The Balaban J connectivity index is 1.36. The van der Waals surface area contributed by atoms with Crippen LogP contribution in [-0.2, 0) is 13.1 Å². The van der Waals surface area contributed by atoms with Gasteiger partial charge in [-0.15, -0.1) is 0 Å². The van der Waals surface area contributed by atoms with E-state index >= 15 is 0 Å². The van der Waals surface area contributed by atoms with Gasteiger partial charge in [-0.05, 0) is 63.3 Å². The van der Waals surface area contributed by atoms with Gasteiger partial charge in [0.15, 0.2) is 0 Å². The standard InChI is InChI=1S/C24H36N6/c1-3-9-25-23(7-1)21-29-13-5-11-28-16-15-27(17-19-29)12-6-14-30(20-18-28)22-24-8-2-4-10-26-24/h1-4,7-10H,5-6,11-22H2. The molecule has 2 aromatic rings. The van der Waals surface area contributed by atoms with Crippen LogP contribution >= 0.6 is 0 Å². The summed E-state index contributed by atoms with van der Waals surface area (Å²) >= 11 is 0. The zero-order valence-electron chi connectivity index (χ0n) is 18.2. The summed E-state index contributed by atoms with van der Waals surface area (Å²) in [7, 11) is 0. The van der Waals surface area contributed by atoms with Crippen LogP contribution < -0.4 is 0 Å². The number of hydrogen-bond acceptors (Lipinski definition) is 6. The summed E-state index contributed by atoms with van der Waals surface area (Å²) in [5.41, 5.74) is 2.37. The van der Waals surface area contributed by atoms with Crippen LogP contribution in [0.5, 0.6) is 0 Å². The summed E-state index contributed by atoms with van der Waals surface area (Å²) in [5, 5.41) is 0. The largest absolute Gasteiger partial charge is 0.301 e. The Kier molecular flexibility index (Phi) is 8.20. The van der Waals surface area contributed by atoms with Crippen molar-refractivity contribution >= 4 is 0 Å². The third-order valence-electron chi connectivity index (χ3n) is 6.32. The van der Waals surface area contributed by atoms with Gasteiger partial charge in [0.1, 0.15) is 0 Å². The number of hydrogen-bond donors (Lipinski definition) is 0. The lowest BCUT2D eigenvalue weighted by Gasteiger charge is -2.35. The summed E-state index contributed by atoms with van der Waals surface area (Å²) in [4.78, 5) is 19.6. The smallest absolute Gasteiger partial charge is 0.0543 e. The third-order valence-corrected chi connectivity index (χ3v) is 6.32. The first-order valence-electron chi connectivity index (χ1n) is 11.5. The van der Waals surface area contributed by atoms with E-state index in [0.717, 1.165) is 52.4 Å². The van der Waals surface area contributed by atoms with Gasteiger partial charge in [-0.3, -0.25) is 19.8 Å². The molecule has 4 rings (SSSR count). The fourth-order valence-electron chi connectivity index (χ4n) is 4.54. The molecule has 2 aromatic heterocycles. The van der Waals surface area contributed by atoms with E-state index < -0.39 is 0 Å². The summed E-state index contributed by atoms with van der Waals surface area (Å²) in [6, 6.07) is 12.5. The van der Waals surface area contributed by atoms with Gasteiger partial charge in [-0.25, -0.2) is 0 Å². The van der Waals surface area contributed by atoms with Crippen molar-refractivity contribution < 1.29 is 0 Å². The van der Waals surface area contributed by atoms with Gasteiger partial charge < -0.3 is 9.80 Å². The lowest BCUT2D eigenvalue weighted by atomic mass is 10.2. The maximum absolute atomic E-state index is 4.54. The van der Waals surface area contributed by atoms with Gasteiger partial charge >= 0.3 is 0 Å². The van der Waals surface area contributed by atoms with E-state index in [2.05, 4.69) is 53.8 Å². The first-order chi connectivity index (χ1) is 14.8. The van der Waals surface area contributed by atoms with Crippen LogP contribution in [0.1, 0.15) is 24.2 Å². The van der Waals surface area contributed by atoms with Gasteiger partial charge in [0.05, 0.1) is 11.4 Å². The first kappa shape index (κ1) is 21.4. The Morgan fingerprint density at radius 2 is 1.00 bits per heavy atom. The molecule has 0 radical (unpaired) electrons. The van der Waals surface area contributed by atoms with Crippen LogP contribution in [0.4, 0.5) is 0 Å². The molecule has 6 nitrogen and oxygen atoms in total. The van der Waals surface area contributed by atoms with Crippen LogP contribution in [-0.4, -0.2) is 95.0 Å². The maximum atomic E-state index is 4.54. The van der Waals surface area contributed by atoms with Crippen molar-refractivity contribution in [1.29, 1.82) is 0 Å². The second kappa shape index (κ2) is 11.5. The number of fused-ring (bicyclic) bond motifs is 3. The van der Waals surface area contributed by atoms with E-state index in [-0.39, 0.29) is 0 Å². The van der Waals surface area contributed by atoms with Crippen molar-refractivity contribution in [1.82, 2.24) is 29.6 Å². The Bertz CT molecular complexity index is 661. The zero-order valence-corrected chi connectivity index (χ0v) is 18.2. The van der Waals surface area contributed by atoms with Crippen molar-refractivity contribution in [2.45, 2.75) is 25.9 Å². The van der Waals surface area contributed by atoms with Crippen molar-refractivity contribution in [2.75, 3.05) is 65.4 Å². The molecule has 2 fully saturated rings. The molecule has 2 aliphatic heterocycles. The molecule has 162 valence electrons. The fraction of sp³-hybridized carbons (Fsp3) is 0.583. The highest BCUT2D eigenvalue weighted by molar-refractivity contribution is 5.04. The van der Waals surface area contributed by atoms with Crippen molar-refractivity contribution in [3.63, 3.8) is 0 Å². The van der Waals surface area contributed by atoms with Gasteiger partial charge in [0.2, 0.25) is 0 Å². The molecule has 30 heavy (non-hydrogen) atoms. The molecule has 0 N–H and O–H groups in total. The molecule has 4 heterocycles. The number of pyridine rings is 2. The van der Waals surface area contributed by atoms with E-state index in [1.54, 1.807) is 0 Å². The van der Waals surface area contributed by atoms with Crippen molar-refractivity contribution in [3.8, 4) is 0 Å². The minimum atomic E-state index is 0.965. The van der Waals surface area contributed by atoms with Crippen molar-refractivity contribution in [3.05, 3.63) is 60.2 Å². The Morgan fingerprint density at radius 1 is 0.533 bits per heavy atom. The van der Waals surface area contributed by atoms with Crippen LogP contribution in [0.3, 0.4) is 0 Å². The van der Waals surface area contributed by atoms with Crippen LogP contribution in [0.2, 0.25) is 0 Å². The molecule has 0 spiro atoms. The normalized spacial score (nSPS) is 25.1. The summed E-state index contributed by atoms with van der Waals surface area (Å²) in [6.07, 6.45) is 6.28. The van der Waals surface area contributed by atoms with E-state index in [0.29, 0.717) is 0 Å². The lowest BCUT2D eigenvalue weighted by molar-refractivity contribution is 0.116. The summed E-state index contributed by atoms with van der Waals surface area (Å²) in [6.45, 7) is 13.6. The van der Waals surface area contributed by atoms with Gasteiger partial charge in [0.25, 0.3) is 0 Å². The summed E-state index contributed by atoms with van der Waals surface area (Å²) < 4.78 is 0. The Labute approximate surface area is 181 Å². The predicted molar refractivity (Wildman–Crippen MR) is 121 cm³/mol. The molecule has 2 aliphatic rings. The lowest BCUT2D eigenvalue weighted by Crippen LogP contribution is -2.46.